The fourth-order valence-electron chi connectivity index (χ4n) is 2.10. The zero-order valence-corrected chi connectivity index (χ0v) is 17.3. The van der Waals surface area contributed by atoms with Crippen LogP contribution in [0.4, 0.5) is 14.5 Å². The number of amides is 1. The van der Waals surface area contributed by atoms with Crippen LogP contribution in [0.5, 0.6) is 5.75 Å². The Balaban J connectivity index is 1.77. The van der Waals surface area contributed by atoms with Gasteiger partial charge in [0, 0.05) is 11.1 Å². The minimum atomic E-state index is -3.89. The average molecular weight is 475 g/mol. The molecule has 0 spiro atoms. The van der Waals surface area contributed by atoms with E-state index >= 15 is 0 Å². The Morgan fingerprint density at radius 2 is 1.84 bits per heavy atom. The number of esters is 1. The second kappa shape index (κ2) is 11.4. The van der Waals surface area contributed by atoms with E-state index in [1.807, 2.05) is 4.72 Å². The second-order valence-electron chi connectivity index (χ2n) is 5.81. The van der Waals surface area contributed by atoms with Crippen molar-refractivity contribution in [3.63, 3.8) is 0 Å². The van der Waals surface area contributed by atoms with Crippen LogP contribution < -0.4 is 14.8 Å². The number of carbonyl (C=O) groups excluding carboxylic acids is 2. The number of ether oxygens (including phenoxy) is 2. The molecule has 0 heterocycles. The molecule has 0 bridgehead atoms. The molecule has 0 fully saturated rings. The summed E-state index contributed by atoms with van der Waals surface area (Å²) in [7, 11) is -3.89. The fraction of sp³-hybridized carbons (Fsp3) is 0.158. The third-order valence-electron chi connectivity index (χ3n) is 3.45. The first-order chi connectivity index (χ1) is 14.6. The lowest BCUT2D eigenvalue weighted by Crippen LogP contribution is -2.31. The number of hydrogen-bond donors (Lipinski definition) is 2. The standard InChI is InChI=1S/C19H17ClF2N2O6S/c20-15-10-14(6-7-16(15)30-19(21)22)24-17(25)12-29-18(26)11-23-31(27,28)9-8-13-4-2-1-3-5-13/h1-10,19,23H,11-12H2,(H,24,25)/b9-8+. The van der Waals surface area contributed by atoms with Crippen molar-refractivity contribution in [2.75, 3.05) is 18.5 Å². The Morgan fingerprint density at radius 1 is 1.13 bits per heavy atom. The van der Waals surface area contributed by atoms with Crippen LogP contribution in [0, 0.1) is 0 Å². The summed E-state index contributed by atoms with van der Waals surface area (Å²) in [5.41, 5.74) is 0.806. The van der Waals surface area contributed by atoms with Crippen LogP contribution in [-0.4, -0.2) is 40.1 Å². The highest BCUT2D eigenvalue weighted by Crippen LogP contribution is 2.28. The van der Waals surface area contributed by atoms with E-state index in [1.165, 1.54) is 18.2 Å². The van der Waals surface area contributed by atoms with Gasteiger partial charge in [0.2, 0.25) is 10.0 Å². The van der Waals surface area contributed by atoms with E-state index in [2.05, 4.69) is 14.8 Å². The molecule has 0 saturated carbocycles. The summed E-state index contributed by atoms with van der Waals surface area (Å²) in [6.45, 7) is -4.43. The average Bonchev–Trinajstić information content (AvgIpc) is 2.72. The number of anilines is 1. The predicted molar refractivity (Wildman–Crippen MR) is 110 cm³/mol. The molecule has 0 aliphatic rings. The van der Waals surface area contributed by atoms with Crippen molar-refractivity contribution in [1.82, 2.24) is 4.72 Å². The monoisotopic (exact) mass is 474 g/mol. The van der Waals surface area contributed by atoms with Crippen LogP contribution in [0.2, 0.25) is 5.02 Å². The normalized spacial score (nSPS) is 11.5. The molecule has 2 N–H and O–H groups in total. The summed E-state index contributed by atoms with van der Waals surface area (Å²) in [4.78, 5) is 23.5. The van der Waals surface area contributed by atoms with Gasteiger partial charge >= 0.3 is 12.6 Å². The van der Waals surface area contributed by atoms with Crippen molar-refractivity contribution in [3.8, 4) is 5.75 Å². The Labute approximate surface area is 181 Å². The first kappa shape index (κ1) is 24.3. The van der Waals surface area contributed by atoms with Gasteiger partial charge in [0.05, 0.1) is 5.02 Å². The molecule has 12 heteroatoms. The van der Waals surface area contributed by atoms with E-state index in [4.69, 9.17) is 11.6 Å². The first-order valence-corrected chi connectivity index (χ1v) is 10.5. The minimum Gasteiger partial charge on any atom is -0.455 e. The number of nitrogens with one attached hydrogen (secondary N) is 2. The third-order valence-corrected chi connectivity index (χ3v) is 4.79. The molecule has 0 aromatic heterocycles. The van der Waals surface area contributed by atoms with E-state index in [0.29, 0.717) is 5.56 Å². The second-order valence-corrected chi connectivity index (χ2v) is 7.87. The smallest absolute Gasteiger partial charge is 0.387 e. The number of hydrogen-bond acceptors (Lipinski definition) is 6. The van der Waals surface area contributed by atoms with Gasteiger partial charge in [-0.1, -0.05) is 41.9 Å². The van der Waals surface area contributed by atoms with Gasteiger partial charge in [0.15, 0.2) is 6.61 Å². The van der Waals surface area contributed by atoms with Crippen LogP contribution in [0.1, 0.15) is 5.56 Å². The Kier molecular flexibility index (Phi) is 8.91. The van der Waals surface area contributed by atoms with E-state index in [9.17, 15) is 26.8 Å². The van der Waals surface area contributed by atoms with Crippen molar-refractivity contribution < 1.29 is 36.3 Å². The molecule has 31 heavy (non-hydrogen) atoms. The highest BCUT2D eigenvalue weighted by atomic mass is 35.5. The molecule has 0 aliphatic heterocycles. The van der Waals surface area contributed by atoms with Crippen molar-refractivity contribution >= 4 is 45.3 Å². The van der Waals surface area contributed by atoms with Crippen LogP contribution >= 0.6 is 11.6 Å². The van der Waals surface area contributed by atoms with Gasteiger partial charge in [-0.2, -0.15) is 8.78 Å². The molecule has 2 aromatic rings. The molecule has 166 valence electrons. The lowest BCUT2D eigenvalue weighted by Gasteiger charge is -2.10. The number of sulfonamides is 1. The number of alkyl halides is 2. The Hall–Kier alpha value is -3.02. The lowest BCUT2D eigenvalue weighted by molar-refractivity contribution is -0.146. The molecular formula is C19H17ClF2N2O6S. The molecular weight excluding hydrogens is 458 g/mol. The summed E-state index contributed by atoms with van der Waals surface area (Å²) in [6.07, 6.45) is 1.35. The van der Waals surface area contributed by atoms with Crippen LogP contribution in [0.15, 0.2) is 53.9 Å². The van der Waals surface area contributed by atoms with E-state index in [1.54, 1.807) is 30.3 Å². The van der Waals surface area contributed by atoms with Gasteiger partial charge in [-0.05, 0) is 29.8 Å². The zero-order valence-electron chi connectivity index (χ0n) is 15.8. The van der Waals surface area contributed by atoms with E-state index in [0.717, 1.165) is 11.5 Å². The van der Waals surface area contributed by atoms with Crippen molar-refractivity contribution in [2.24, 2.45) is 0 Å². The molecule has 0 atom stereocenters. The molecule has 1 amide bonds. The third kappa shape index (κ3) is 9.11. The van der Waals surface area contributed by atoms with Gasteiger partial charge in [-0.3, -0.25) is 9.59 Å². The number of halogens is 3. The van der Waals surface area contributed by atoms with E-state index < -0.39 is 41.7 Å². The van der Waals surface area contributed by atoms with Crippen molar-refractivity contribution in [2.45, 2.75) is 6.61 Å². The molecule has 0 aliphatic carbocycles. The zero-order chi connectivity index (χ0) is 22.9. The highest BCUT2D eigenvalue weighted by Gasteiger charge is 2.13. The SMILES string of the molecule is O=C(COC(=O)CNS(=O)(=O)/C=C/c1ccccc1)Nc1ccc(OC(F)F)c(Cl)c1. The topological polar surface area (TPSA) is 111 Å². The van der Waals surface area contributed by atoms with Gasteiger partial charge in [0.1, 0.15) is 12.3 Å². The summed E-state index contributed by atoms with van der Waals surface area (Å²) >= 11 is 5.77. The maximum atomic E-state index is 12.2. The lowest BCUT2D eigenvalue weighted by atomic mass is 10.2. The number of benzene rings is 2. The Morgan fingerprint density at radius 3 is 2.48 bits per heavy atom. The quantitative estimate of drug-likeness (QED) is 0.512. The number of rotatable bonds is 10. The maximum absolute atomic E-state index is 12.2. The summed E-state index contributed by atoms with van der Waals surface area (Å²) in [5, 5.41) is 3.07. The largest absolute Gasteiger partial charge is 0.455 e. The van der Waals surface area contributed by atoms with Gasteiger partial charge in [-0.25, -0.2) is 13.1 Å². The molecule has 2 aromatic carbocycles. The molecule has 0 radical (unpaired) electrons. The minimum absolute atomic E-state index is 0.152. The highest BCUT2D eigenvalue weighted by molar-refractivity contribution is 7.92. The molecule has 0 saturated heterocycles. The molecule has 2 rings (SSSR count). The Bertz CT molecular complexity index is 1050. The predicted octanol–water partition coefficient (Wildman–Crippen LogP) is 3.01. The van der Waals surface area contributed by atoms with Crippen LogP contribution in [-0.2, 0) is 24.3 Å². The number of carbonyl (C=O) groups is 2. The fourth-order valence-corrected chi connectivity index (χ4v) is 3.08. The van der Waals surface area contributed by atoms with Gasteiger partial charge in [-0.15, -0.1) is 0 Å². The van der Waals surface area contributed by atoms with Crippen LogP contribution in [0.25, 0.3) is 6.08 Å². The first-order valence-electron chi connectivity index (χ1n) is 8.57. The maximum Gasteiger partial charge on any atom is 0.387 e. The van der Waals surface area contributed by atoms with E-state index in [-0.39, 0.29) is 16.5 Å². The van der Waals surface area contributed by atoms with Crippen LogP contribution in [0.3, 0.4) is 0 Å². The van der Waals surface area contributed by atoms with Crippen molar-refractivity contribution in [1.29, 1.82) is 0 Å². The summed E-state index contributed by atoms with van der Waals surface area (Å²) in [5.74, 6) is -2.00. The summed E-state index contributed by atoms with van der Waals surface area (Å²) in [6, 6.07) is 12.2. The summed E-state index contributed by atoms with van der Waals surface area (Å²) < 4.78 is 59.0. The van der Waals surface area contributed by atoms with Gasteiger partial charge in [0.25, 0.3) is 5.91 Å². The van der Waals surface area contributed by atoms with Crippen molar-refractivity contribution in [3.05, 3.63) is 64.5 Å². The molecule has 0 unspecified atom stereocenters. The van der Waals surface area contributed by atoms with Gasteiger partial charge < -0.3 is 14.8 Å². The molecule has 8 nitrogen and oxygen atoms in total.